The molecule has 0 radical (unpaired) electrons. The van der Waals surface area contributed by atoms with Gasteiger partial charge in [-0.1, -0.05) is 23.7 Å². The topological polar surface area (TPSA) is 59.8 Å². The number of aromatic nitrogens is 3. The van der Waals surface area contributed by atoms with E-state index in [1.165, 1.54) is 0 Å². The van der Waals surface area contributed by atoms with Crippen molar-refractivity contribution in [3.63, 3.8) is 0 Å². The fourth-order valence-electron chi connectivity index (χ4n) is 2.36. The number of imidazole rings is 1. The highest BCUT2D eigenvalue weighted by molar-refractivity contribution is 6.30. The average Bonchev–Trinajstić information content (AvgIpc) is 2.99. The third-order valence-electron chi connectivity index (χ3n) is 3.52. The van der Waals surface area contributed by atoms with Crippen LogP contribution < -0.4 is 5.32 Å². The molecule has 1 amide bonds. The Kier molecular flexibility index (Phi) is 4.39. The van der Waals surface area contributed by atoms with Crippen LogP contribution in [0, 0.1) is 0 Å². The standard InChI is InChI=1S/C17H15ClN4O/c1-22-10-9-20-16(22)15(13-3-2-4-14(18)11-13)21-17(23)12-5-7-19-8-6-12/h2-11,15H,1H3,(H,21,23). The van der Waals surface area contributed by atoms with Crippen LogP contribution in [0.2, 0.25) is 5.02 Å². The minimum Gasteiger partial charge on any atom is -0.338 e. The lowest BCUT2D eigenvalue weighted by Gasteiger charge is -2.19. The number of hydrogen-bond donors (Lipinski definition) is 1. The van der Waals surface area contributed by atoms with Crippen LogP contribution in [0.15, 0.2) is 61.2 Å². The molecule has 1 N–H and O–H groups in total. The molecule has 0 spiro atoms. The summed E-state index contributed by atoms with van der Waals surface area (Å²) in [4.78, 5) is 20.8. The summed E-state index contributed by atoms with van der Waals surface area (Å²) in [6.45, 7) is 0. The number of carbonyl (C=O) groups is 1. The van der Waals surface area contributed by atoms with E-state index >= 15 is 0 Å². The van der Waals surface area contributed by atoms with Crippen molar-refractivity contribution in [2.45, 2.75) is 6.04 Å². The zero-order chi connectivity index (χ0) is 16.2. The van der Waals surface area contributed by atoms with Crippen molar-refractivity contribution in [3.8, 4) is 0 Å². The monoisotopic (exact) mass is 326 g/mol. The quantitative estimate of drug-likeness (QED) is 0.801. The van der Waals surface area contributed by atoms with Crippen LogP contribution in [0.4, 0.5) is 0 Å². The fraction of sp³-hybridized carbons (Fsp3) is 0.118. The predicted octanol–water partition coefficient (Wildman–Crippen LogP) is 2.99. The van der Waals surface area contributed by atoms with Gasteiger partial charge in [-0.05, 0) is 29.8 Å². The maximum atomic E-state index is 12.5. The van der Waals surface area contributed by atoms with Crippen molar-refractivity contribution in [1.29, 1.82) is 0 Å². The second kappa shape index (κ2) is 6.62. The molecule has 2 aromatic heterocycles. The second-order valence-electron chi connectivity index (χ2n) is 5.09. The van der Waals surface area contributed by atoms with E-state index in [1.807, 2.05) is 36.0 Å². The van der Waals surface area contributed by atoms with Gasteiger partial charge in [0.15, 0.2) is 0 Å². The molecule has 1 aromatic carbocycles. The van der Waals surface area contributed by atoms with Crippen LogP contribution >= 0.6 is 11.6 Å². The summed E-state index contributed by atoms with van der Waals surface area (Å²) < 4.78 is 1.87. The lowest BCUT2D eigenvalue weighted by molar-refractivity contribution is 0.0941. The molecule has 2 heterocycles. The van der Waals surface area contributed by atoms with Crippen LogP contribution in [-0.2, 0) is 7.05 Å². The first kappa shape index (κ1) is 15.2. The molecule has 0 fully saturated rings. The molecule has 1 unspecified atom stereocenters. The highest BCUT2D eigenvalue weighted by Crippen LogP contribution is 2.23. The zero-order valence-electron chi connectivity index (χ0n) is 12.5. The molecule has 23 heavy (non-hydrogen) atoms. The van der Waals surface area contributed by atoms with Gasteiger partial charge in [-0.3, -0.25) is 9.78 Å². The normalized spacial score (nSPS) is 11.9. The number of aryl methyl sites for hydroxylation is 1. The summed E-state index contributed by atoms with van der Waals surface area (Å²) in [5.41, 5.74) is 1.41. The third kappa shape index (κ3) is 3.40. The second-order valence-corrected chi connectivity index (χ2v) is 5.53. The maximum Gasteiger partial charge on any atom is 0.252 e. The average molecular weight is 327 g/mol. The highest BCUT2D eigenvalue weighted by atomic mass is 35.5. The Morgan fingerprint density at radius 1 is 1.22 bits per heavy atom. The number of nitrogens with one attached hydrogen (secondary N) is 1. The van der Waals surface area contributed by atoms with Crippen molar-refractivity contribution in [1.82, 2.24) is 19.9 Å². The van der Waals surface area contributed by atoms with E-state index in [0.29, 0.717) is 10.6 Å². The molecular weight excluding hydrogens is 312 g/mol. The van der Waals surface area contributed by atoms with Crippen LogP contribution in [0.5, 0.6) is 0 Å². The molecule has 3 rings (SSSR count). The van der Waals surface area contributed by atoms with E-state index < -0.39 is 6.04 Å². The number of benzene rings is 1. The van der Waals surface area contributed by atoms with Crippen molar-refractivity contribution in [3.05, 3.63) is 83.2 Å². The Morgan fingerprint density at radius 2 is 2.00 bits per heavy atom. The van der Waals surface area contributed by atoms with Crippen LogP contribution in [0.25, 0.3) is 0 Å². The van der Waals surface area contributed by atoms with Crippen molar-refractivity contribution in [2.24, 2.45) is 7.05 Å². The SMILES string of the molecule is Cn1ccnc1C(NC(=O)c1ccncc1)c1cccc(Cl)c1. The van der Waals surface area contributed by atoms with Crippen LogP contribution in [0.3, 0.4) is 0 Å². The summed E-state index contributed by atoms with van der Waals surface area (Å²) in [6.07, 6.45) is 6.71. The Hall–Kier alpha value is -2.66. The fourth-order valence-corrected chi connectivity index (χ4v) is 2.55. The van der Waals surface area contributed by atoms with E-state index in [0.717, 1.165) is 11.4 Å². The van der Waals surface area contributed by atoms with Crippen molar-refractivity contribution in [2.75, 3.05) is 0 Å². The van der Waals surface area contributed by atoms with E-state index in [4.69, 9.17) is 11.6 Å². The number of pyridine rings is 1. The number of amides is 1. The number of halogens is 1. The number of nitrogens with zero attached hydrogens (tertiary/aromatic N) is 3. The van der Waals surface area contributed by atoms with E-state index in [-0.39, 0.29) is 5.91 Å². The molecule has 0 saturated carbocycles. The molecule has 0 aliphatic heterocycles. The van der Waals surface area contributed by atoms with Gasteiger partial charge in [-0.25, -0.2) is 4.98 Å². The lowest BCUT2D eigenvalue weighted by atomic mass is 10.1. The largest absolute Gasteiger partial charge is 0.338 e. The minimum absolute atomic E-state index is 0.194. The van der Waals surface area contributed by atoms with E-state index in [9.17, 15) is 4.79 Å². The molecule has 1 atom stereocenters. The van der Waals surface area contributed by atoms with Gasteiger partial charge in [0.1, 0.15) is 11.9 Å². The molecule has 5 nitrogen and oxygen atoms in total. The van der Waals surface area contributed by atoms with Crippen molar-refractivity contribution < 1.29 is 4.79 Å². The molecule has 0 aliphatic rings. The first-order chi connectivity index (χ1) is 11.1. The van der Waals surface area contributed by atoms with Crippen LogP contribution in [0.1, 0.15) is 27.8 Å². The van der Waals surface area contributed by atoms with Gasteiger partial charge >= 0.3 is 0 Å². The molecule has 0 aliphatic carbocycles. The Labute approximate surface area is 139 Å². The predicted molar refractivity (Wildman–Crippen MR) is 88.2 cm³/mol. The Morgan fingerprint density at radius 3 is 2.65 bits per heavy atom. The molecule has 3 aromatic rings. The van der Waals surface area contributed by atoms with Gasteiger partial charge in [0.2, 0.25) is 0 Å². The first-order valence-corrected chi connectivity index (χ1v) is 7.46. The molecule has 0 saturated heterocycles. The molecule has 0 bridgehead atoms. The zero-order valence-corrected chi connectivity index (χ0v) is 13.2. The Bertz CT molecular complexity index is 816. The molecular formula is C17H15ClN4O. The summed E-state index contributed by atoms with van der Waals surface area (Å²) in [7, 11) is 1.89. The van der Waals surface area contributed by atoms with E-state index in [2.05, 4.69) is 15.3 Å². The minimum atomic E-state index is -0.394. The summed E-state index contributed by atoms with van der Waals surface area (Å²) >= 11 is 6.10. The summed E-state index contributed by atoms with van der Waals surface area (Å²) in [5, 5.41) is 3.62. The molecule has 6 heteroatoms. The van der Waals surface area contributed by atoms with Crippen LogP contribution in [-0.4, -0.2) is 20.4 Å². The summed E-state index contributed by atoms with van der Waals surface area (Å²) in [6, 6.07) is 10.3. The highest BCUT2D eigenvalue weighted by Gasteiger charge is 2.21. The van der Waals surface area contributed by atoms with Gasteiger partial charge in [-0.15, -0.1) is 0 Å². The van der Waals surface area contributed by atoms with Gasteiger partial charge in [-0.2, -0.15) is 0 Å². The lowest BCUT2D eigenvalue weighted by Crippen LogP contribution is -2.31. The molecule has 116 valence electrons. The van der Waals surface area contributed by atoms with Crippen molar-refractivity contribution >= 4 is 17.5 Å². The van der Waals surface area contributed by atoms with E-state index in [1.54, 1.807) is 36.8 Å². The van der Waals surface area contributed by atoms with Gasteiger partial charge in [0.25, 0.3) is 5.91 Å². The number of hydrogen-bond acceptors (Lipinski definition) is 3. The van der Waals surface area contributed by atoms with Gasteiger partial charge < -0.3 is 9.88 Å². The third-order valence-corrected chi connectivity index (χ3v) is 3.75. The maximum absolute atomic E-state index is 12.5. The Balaban J connectivity index is 1.96. The number of rotatable bonds is 4. The smallest absolute Gasteiger partial charge is 0.252 e. The van der Waals surface area contributed by atoms with Gasteiger partial charge in [0, 0.05) is 42.4 Å². The summed E-state index contributed by atoms with van der Waals surface area (Å²) in [5.74, 6) is 0.537. The van der Waals surface area contributed by atoms with Gasteiger partial charge in [0.05, 0.1) is 0 Å². The first-order valence-electron chi connectivity index (χ1n) is 7.09. The number of carbonyl (C=O) groups excluding carboxylic acids is 1.